The predicted octanol–water partition coefficient (Wildman–Crippen LogP) is 0.780. The van der Waals surface area contributed by atoms with Crippen molar-refractivity contribution in [3.05, 3.63) is 36.7 Å². The van der Waals surface area contributed by atoms with E-state index in [9.17, 15) is 0 Å². The van der Waals surface area contributed by atoms with E-state index in [0.29, 0.717) is 5.82 Å². The third-order valence-corrected chi connectivity index (χ3v) is 3.30. The minimum atomic E-state index is 0.557. The summed E-state index contributed by atoms with van der Waals surface area (Å²) in [6, 6.07) is 7.76. The van der Waals surface area contributed by atoms with Crippen LogP contribution < -0.4 is 15.5 Å². The van der Waals surface area contributed by atoms with Gasteiger partial charge in [0.1, 0.15) is 5.82 Å². The zero-order valence-electron chi connectivity index (χ0n) is 10.6. The van der Waals surface area contributed by atoms with Crippen LogP contribution >= 0.6 is 0 Å². The fraction of sp³-hybridized carbons (Fsp3) is 0.308. The maximum absolute atomic E-state index is 5.60. The normalized spacial score (nSPS) is 15.6. The van der Waals surface area contributed by atoms with Crippen LogP contribution in [0.15, 0.2) is 36.7 Å². The average molecular weight is 256 g/mol. The first-order valence-corrected chi connectivity index (χ1v) is 6.32. The van der Waals surface area contributed by atoms with Gasteiger partial charge in [-0.2, -0.15) is 5.10 Å². The number of hydrogen-bond acceptors (Lipinski definition) is 6. The highest BCUT2D eigenvalue weighted by molar-refractivity contribution is 5.50. The Balaban J connectivity index is 1.65. The first kappa shape index (κ1) is 11.7. The molecule has 1 aliphatic rings. The summed E-state index contributed by atoms with van der Waals surface area (Å²) in [5.41, 5.74) is 6.72. The second kappa shape index (κ2) is 5.09. The van der Waals surface area contributed by atoms with Crippen LogP contribution in [0.2, 0.25) is 0 Å². The van der Waals surface area contributed by atoms with Crippen molar-refractivity contribution in [2.75, 3.05) is 41.7 Å². The van der Waals surface area contributed by atoms with Crippen LogP contribution in [0.1, 0.15) is 0 Å². The summed E-state index contributed by atoms with van der Waals surface area (Å²) in [6.45, 7) is 3.76. The Bertz CT molecular complexity index is 519. The van der Waals surface area contributed by atoms with E-state index in [1.54, 1.807) is 6.20 Å². The van der Waals surface area contributed by atoms with Crippen molar-refractivity contribution in [2.24, 2.45) is 0 Å². The molecule has 0 amide bonds. The van der Waals surface area contributed by atoms with Gasteiger partial charge in [-0.05, 0) is 24.3 Å². The first-order valence-electron chi connectivity index (χ1n) is 6.32. The Hall–Kier alpha value is -2.37. The third kappa shape index (κ3) is 2.57. The molecule has 0 radical (unpaired) electrons. The Morgan fingerprint density at radius 2 is 1.79 bits per heavy atom. The zero-order valence-corrected chi connectivity index (χ0v) is 10.6. The maximum atomic E-state index is 5.60. The molecule has 6 nitrogen and oxygen atoms in total. The van der Waals surface area contributed by atoms with Crippen LogP contribution in [-0.4, -0.2) is 41.4 Å². The lowest BCUT2D eigenvalue weighted by Crippen LogP contribution is -2.46. The van der Waals surface area contributed by atoms with Crippen molar-refractivity contribution in [1.29, 1.82) is 0 Å². The Kier molecular flexibility index (Phi) is 3.14. The second-order valence-electron chi connectivity index (χ2n) is 4.50. The molecule has 19 heavy (non-hydrogen) atoms. The number of nitrogen functional groups attached to an aromatic ring is 1. The summed E-state index contributed by atoms with van der Waals surface area (Å²) in [7, 11) is 0. The number of pyridine rings is 1. The smallest absolute Gasteiger partial charge is 0.151 e. The molecule has 1 saturated heterocycles. The second-order valence-corrected chi connectivity index (χ2v) is 4.50. The van der Waals surface area contributed by atoms with Gasteiger partial charge in [0.25, 0.3) is 0 Å². The van der Waals surface area contributed by atoms with Crippen LogP contribution in [0.4, 0.5) is 17.3 Å². The van der Waals surface area contributed by atoms with E-state index in [4.69, 9.17) is 5.73 Å². The highest BCUT2D eigenvalue weighted by Crippen LogP contribution is 2.18. The lowest BCUT2D eigenvalue weighted by atomic mass is 10.2. The molecule has 6 heteroatoms. The van der Waals surface area contributed by atoms with Gasteiger partial charge in [-0.3, -0.25) is 0 Å². The van der Waals surface area contributed by atoms with Crippen LogP contribution in [0.3, 0.4) is 0 Å². The van der Waals surface area contributed by atoms with Crippen molar-refractivity contribution in [3.8, 4) is 0 Å². The van der Waals surface area contributed by atoms with Gasteiger partial charge in [0.05, 0.1) is 11.9 Å². The topological polar surface area (TPSA) is 71.2 Å². The van der Waals surface area contributed by atoms with Crippen LogP contribution in [0.5, 0.6) is 0 Å². The fourth-order valence-corrected chi connectivity index (χ4v) is 2.24. The molecule has 98 valence electrons. The Morgan fingerprint density at radius 1 is 1.00 bits per heavy atom. The number of nitrogens with two attached hydrogens (primary N) is 1. The molecule has 1 fully saturated rings. The van der Waals surface area contributed by atoms with Crippen molar-refractivity contribution in [3.63, 3.8) is 0 Å². The van der Waals surface area contributed by atoms with Gasteiger partial charge < -0.3 is 15.5 Å². The van der Waals surface area contributed by atoms with Gasteiger partial charge in [-0.1, -0.05) is 0 Å². The molecule has 0 atom stereocenters. The predicted molar refractivity (Wildman–Crippen MR) is 75.1 cm³/mol. The minimum Gasteiger partial charge on any atom is -0.384 e. The van der Waals surface area contributed by atoms with Crippen molar-refractivity contribution < 1.29 is 0 Å². The highest BCUT2D eigenvalue weighted by Gasteiger charge is 2.18. The molecule has 0 bridgehead atoms. The zero-order chi connectivity index (χ0) is 13.1. The number of anilines is 3. The summed E-state index contributed by atoms with van der Waals surface area (Å²) < 4.78 is 0. The fourth-order valence-electron chi connectivity index (χ4n) is 2.24. The molecule has 1 aliphatic heterocycles. The molecule has 0 aliphatic carbocycles. The molecule has 0 saturated carbocycles. The Labute approximate surface area is 111 Å². The molecule has 2 N–H and O–H groups in total. The van der Waals surface area contributed by atoms with E-state index < -0.39 is 0 Å². The summed E-state index contributed by atoms with van der Waals surface area (Å²) in [5.74, 6) is 1.50. The lowest BCUT2D eigenvalue weighted by molar-refractivity contribution is 0.643. The van der Waals surface area contributed by atoms with E-state index in [1.807, 2.05) is 30.5 Å². The molecular weight excluding hydrogens is 240 g/mol. The van der Waals surface area contributed by atoms with E-state index >= 15 is 0 Å². The molecule has 3 heterocycles. The lowest BCUT2D eigenvalue weighted by Gasteiger charge is -2.36. The SMILES string of the molecule is Nc1ccc(N2CCN(c3cccnn3)CC2)cn1. The number of piperazine rings is 1. The van der Waals surface area contributed by atoms with Crippen molar-refractivity contribution >= 4 is 17.3 Å². The molecular formula is C13H16N6. The maximum Gasteiger partial charge on any atom is 0.151 e. The van der Waals surface area contributed by atoms with E-state index in [2.05, 4.69) is 25.0 Å². The van der Waals surface area contributed by atoms with Crippen LogP contribution in [-0.2, 0) is 0 Å². The van der Waals surface area contributed by atoms with Gasteiger partial charge >= 0.3 is 0 Å². The van der Waals surface area contributed by atoms with Gasteiger partial charge in [-0.25, -0.2) is 4.98 Å². The third-order valence-electron chi connectivity index (χ3n) is 3.30. The van der Waals surface area contributed by atoms with Gasteiger partial charge in [0.15, 0.2) is 5.82 Å². The molecule has 0 unspecified atom stereocenters. The molecule has 0 spiro atoms. The summed E-state index contributed by atoms with van der Waals surface area (Å²) >= 11 is 0. The van der Waals surface area contributed by atoms with Gasteiger partial charge in [0.2, 0.25) is 0 Å². The molecule has 0 aromatic carbocycles. The highest BCUT2D eigenvalue weighted by atomic mass is 15.3. The molecule has 2 aromatic rings. The van der Waals surface area contributed by atoms with Crippen LogP contribution in [0.25, 0.3) is 0 Å². The Morgan fingerprint density at radius 3 is 2.42 bits per heavy atom. The van der Waals surface area contributed by atoms with E-state index in [0.717, 1.165) is 37.7 Å². The number of rotatable bonds is 2. The van der Waals surface area contributed by atoms with Crippen molar-refractivity contribution in [1.82, 2.24) is 15.2 Å². The summed E-state index contributed by atoms with van der Waals surface area (Å²) in [4.78, 5) is 8.68. The summed E-state index contributed by atoms with van der Waals surface area (Å²) in [6.07, 6.45) is 3.52. The standard InChI is InChI=1S/C13H16N6/c14-12-4-3-11(10-15-12)18-6-8-19(9-7-18)13-2-1-5-16-17-13/h1-5,10H,6-9H2,(H2,14,15). The van der Waals surface area contributed by atoms with Gasteiger partial charge in [0, 0.05) is 32.4 Å². The van der Waals surface area contributed by atoms with Crippen LogP contribution in [0, 0.1) is 0 Å². The molecule has 2 aromatic heterocycles. The number of nitrogens with zero attached hydrogens (tertiary/aromatic N) is 5. The van der Waals surface area contributed by atoms with E-state index in [-0.39, 0.29) is 0 Å². The van der Waals surface area contributed by atoms with Gasteiger partial charge in [-0.15, -0.1) is 5.10 Å². The number of aromatic nitrogens is 3. The minimum absolute atomic E-state index is 0.557. The number of hydrogen-bond donors (Lipinski definition) is 1. The quantitative estimate of drug-likeness (QED) is 0.856. The average Bonchev–Trinajstić information content (AvgIpc) is 2.49. The summed E-state index contributed by atoms with van der Waals surface area (Å²) in [5, 5.41) is 8.06. The van der Waals surface area contributed by atoms with Crippen molar-refractivity contribution in [2.45, 2.75) is 0 Å². The largest absolute Gasteiger partial charge is 0.384 e. The monoisotopic (exact) mass is 256 g/mol. The molecule has 3 rings (SSSR count). The van der Waals surface area contributed by atoms with E-state index in [1.165, 1.54) is 0 Å². The first-order chi connectivity index (χ1) is 9.33.